The van der Waals surface area contributed by atoms with Crippen LogP contribution in [0.25, 0.3) is 0 Å². The van der Waals surface area contributed by atoms with E-state index in [0.717, 1.165) is 0 Å². The lowest BCUT2D eigenvalue weighted by atomic mass is 10.0. The third-order valence-corrected chi connectivity index (χ3v) is 7.36. The Morgan fingerprint density at radius 2 is 0.771 bits per heavy atom. The summed E-state index contributed by atoms with van der Waals surface area (Å²) in [5.74, 6) is 0. The second-order valence-corrected chi connectivity index (χ2v) is 10.8. The molecule has 0 saturated heterocycles. The number of rotatable bonds is 26. The highest BCUT2D eigenvalue weighted by Crippen LogP contribution is 2.15. The minimum atomic E-state index is 0. The van der Waals surface area contributed by atoms with Gasteiger partial charge in [0.1, 0.15) is 0 Å². The Kier molecular flexibility index (Phi) is 27.6. The fourth-order valence-electron chi connectivity index (χ4n) is 5.28. The molecule has 0 aliphatic heterocycles. The van der Waals surface area contributed by atoms with Crippen LogP contribution in [0, 0.1) is 0 Å². The predicted molar refractivity (Wildman–Crippen MR) is 162 cm³/mol. The van der Waals surface area contributed by atoms with Gasteiger partial charge in [0.05, 0.1) is 0 Å². The molecule has 0 amide bonds. The van der Waals surface area contributed by atoms with Crippen molar-refractivity contribution in [1.82, 2.24) is 4.90 Å². The van der Waals surface area contributed by atoms with E-state index in [1.165, 1.54) is 166 Å². The summed E-state index contributed by atoms with van der Waals surface area (Å²) in [6.07, 6.45) is 31.5. The van der Waals surface area contributed by atoms with Crippen molar-refractivity contribution in [2.24, 2.45) is 0 Å². The van der Waals surface area contributed by atoms with Crippen LogP contribution >= 0.6 is 12.4 Å². The van der Waals surface area contributed by atoms with Crippen molar-refractivity contribution >= 4 is 12.4 Å². The Balaban J connectivity index is 0.0000116. The second kappa shape index (κ2) is 28.0. The lowest BCUT2D eigenvalue weighted by Gasteiger charge is -2.20. The average molecular weight is 508 g/mol. The molecule has 1 nitrogen and oxygen atoms in total. The molecule has 1 aromatic carbocycles. The van der Waals surface area contributed by atoms with Crippen molar-refractivity contribution in [2.75, 3.05) is 19.6 Å². The minimum Gasteiger partial charge on any atom is -0.303 e. The number of hydrogen-bond acceptors (Lipinski definition) is 1. The fraction of sp³-hybridized carbons (Fsp3) is 0.818. The molecule has 0 aromatic heterocycles. The van der Waals surface area contributed by atoms with Crippen LogP contribution in [0.15, 0.2) is 30.3 Å². The molecular weight excluding hydrogens is 446 g/mol. The number of benzene rings is 1. The highest BCUT2D eigenvalue weighted by atomic mass is 35.5. The van der Waals surface area contributed by atoms with Gasteiger partial charge in [-0.2, -0.15) is 0 Å². The van der Waals surface area contributed by atoms with Crippen LogP contribution in [-0.2, 0) is 6.42 Å². The van der Waals surface area contributed by atoms with Gasteiger partial charge in [0.15, 0.2) is 0 Å². The molecule has 0 heterocycles. The maximum Gasteiger partial charge on any atom is -0.00187 e. The lowest BCUT2D eigenvalue weighted by Crippen LogP contribution is -2.26. The monoisotopic (exact) mass is 507 g/mol. The smallest absolute Gasteiger partial charge is 0.00187 e. The first kappa shape index (κ1) is 34.5. The molecule has 1 rings (SSSR count). The van der Waals surface area contributed by atoms with Crippen LogP contribution in [0.5, 0.6) is 0 Å². The number of unbranched alkanes of at least 4 members (excludes halogenated alkanes) is 18. The molecule has 35 heavy (non-hydrogen) atoms. The van der Waals surface area contributed by atoms with Crippen molar-refractivity contribution in [3.8, 4) is 0 Å². The molecule has 1 aromatic rings. The Hall–Kier alpha value is -0.530. The van der Waals surface area contributed by atoms with E-state index in [1.807, 2.05) is 0 Å². The van der Waals surface area contributed by atoms with E-state index < -0.39 is 0 Å². The Bertz CT molecular complexity index is 497. The molecule has 0 radical (unpaired) electrons. The molecule has 2 heteroatoms. The Labute approximate surface area is 227 Å². The van der Waals surface area contributed by atoms with Gasteiger partial charge in [-0.3, -0.25) is 0 Å². The fourth-order valence-corrected chi connectivity index (χ4v) is 5.28. The second-order valence-electron chi connectivity index (χ2n) is 10.8. The summed E-state index contributed by atoms with van der Waals surface area (Å²) in [5.41, 5.74) is 1.50. The zero-order valence-electron chi connectivity index (χ0n) is 23.9. The standard InChI is InChI=1S/C33H61N.ClH/c1-3-30-34(31-4-2)32-26-21-19-17-15-13-11-9-7-5-6-8-10-12-14-16-18-20-23-27-33-28-24-22-25-29-33;/h22,24-25,28-29H,3-21,23,26-27,30-32H2,1-2H3;1H. The molecule has 0 atom stereocenters. The van der Waals surface area contributed by atoms with Crippen molar-refractivity contribution in [3.63, 3.8) is 0 Å². The lowest BCUT2D eigenvalue weighted by molar-refractivity contribution is 0.267. The first-order valence-electron chi connectivity index (χ1n) is 15.6. The maximum absolute atomic E-state index is 2.66. The number of nitrogens with zero attached hydrogens (tertiary/aromatic N) is 1. The van der Waals surface area contributed by atoms with Crippen LogP contribution < -0.4 is 0 Å². The predicted octanol–water partition coefficient (Wildman–Crippen LogP) is 11.2. The highest BCUT2D eigenvalue weighted by molar-refractivity contribution is 5.85. The van der Waals surface area contributed by atoms with Gasteiger partial charge in [0, 0.05) is 0 Å². The van der Waals surface area contributed by atoms with E-state index in [-0.39, 0.29) is 12.4 Å². The third-order valence-electron chi connectivity index (χ3n) is 7.36. The van der Waals surface area contributed by atoms with Gasteiger partial charge in [0.2, 0.25) is 0 Å². The van der Waals surface area contributed by atoms with E-state index in [9.17, 15) is 0 Å². The van der Waals surface area contributed by atoms with Gasteiger partial charge in [-0.15, -0.1) is 12.4 Å². The molecule has 0 aliphatic rings. The largest absolute Gasteiger partial charge is 0.303 e. The molecular formula is C33H62ClN. The first-order chi connectivity index (χ1) is 16.9. The maximum atomic E-state index is 2.66. The van der Waals surface area contributed by atoms with E-state index in [2.05, 4.69) is 49.1 Å². The summed E-state index contributed by atoms with van der Waals surface area (Å²) in [6.45, 7) is 8.53. The normalized spacial score (nSPS) is 11.2. The summed E-state index contributed by atoms with van der Waals surface area (Å²) < 4.78 is 0. The van der Waals surface area contributed by atoms with Crippen molar-refractivity contribution in [1.29, 1.82) is 0 Å². The number of aryl methyl sites for hydroxylation is 1. The van der Waals surface area contributed by atoms with Gasteiger partial charge in [-0.25, -0.2) is 0 Å². The third kappa shape index (κ3) is 23.6. The summed E-state index contributed by atoms with van der Waals surface area (Å²) >= 11 is 0. The highest BCUT2D eigenvalue weighted by Gasteiger charge is 2.01. The van der Waals surface area contributed by atoms with Gasteiger partial charge >= 0.3 is 0 Å². The summed E-state index contributed by atoms with van der Waals surface area (Å²) in [7, 11) is 0. The molecule has 206 valence electrons. The zero-order chi connectivity index (χ0) is 24.4. The zero-order valence-corrected chi connectivity index (χ0v) is 24.7. The van der Waals surface area contributed by atoms with Gasteiger partial charge < -0.3 is 4.90 Å². The SMILES string of the molecule is CCCN(CCC)CCCCCCCCCCCCCCCCCCCCCc1ccccc1.Cl. The van der Waals surface area contributed by atoms with Crippen molar-refractivity contribution < 1.29 is 0 Å². The van der Waals surface area contributed by atoms with Crippen LogP contribution in [0.2, 0.25) is 0 Å². The van der Waals surface area contributed by atoms with Crippen LogP contribution in [-0.4, -0.2) is 24.5 Å². The van der Waals surface area contributed by atoms with Crippen molar-refractivity contribution in [3.05, 3.63) is 35.9 Å². The molecule has 0 aliphatic carbocycles. The van der Waals surface area contributed by atoms with E-state index in [1.54, 1.807) is 0 Å². The summed E-state index contributed by atoms with van der Waals surface area (Å²) in [4.78, 5) is 2.66. The molecule has 0 N–H and O–H groups in total. The average Bonchev–Trinajstić information content (AvgIpc) is 2.86. The summed E-state index contributed by atoms with van der Waals surface area (Å²) in [5, 5.41) is 0. The van der Waals surface area contributed by atoms with Crippen molar-refractivity contribution in [2.45, 2.75) is 155 Å². The Morgan fingerprint density at radius 1 is 0.429 bits per heavy atom. The van der Waals surface area contributed by atoms with E-state index in [0.29, 0.717) is 0 Å². The molecule has 0 unspecified atom stereocenters. The summed E-state index contributed by atoms with van der Waals surface area (Å²) in [6, 6.07) is 11.0. The molecule has 0 spiro atoms. The van der Waals surface area contributed by atoms with Crippen LogP contribution in [0.1, 0.15) is 154 Å². The first-order valence-corrected chi connectivity index (χ1v) is 15.6. The minimum absolute atomic E-state index is 0. The van der Waals surface area contributed by atoms with Crippen LogP contribution in [0.4, 0.5) is 0 Å². The van der Waals surface area contributed by atoms with Gasteiger partial charge in [-0.05, 0) is 57.3 Å². The molecule has 0 saturated carbocycles. The Morgan fingerprint density at radius 3 is 1.14 bits per heavy atom. The van der Waals surface area contributed by atoms with Crippen LogP contribution in [0.3, 0.4) is 0 Å². The quantitative estimate of drug-likeness (QED) is 0.113. The van der Waals surface area contributed by atoms with Gasteiger partial charge in [-0.1, -0.05) is 153 Å². The van der Waals surface area contributed by atoms with E-state index in [4.69, 9.17) is 0 Å². The number of halogens is 1. The molecule has 0 fully saturated rings. The molecule has 0 bridgehead atoms. The topological polar surface area (TPSA) is 3.24 Å². The number of hydrogen-bond donors (Lipinski definition) is 0. The van der Waals surface area contributed by atoms with Gasteiger partial charge in [0.25, 0.3) is 0 Å². The van der Waals surface area contributed by atoms with E-state index >= 15 is 0 Å².